The van der Waals surface area contributed by atoms with Crippen LogP contribution in [0.2, 0.25) is 0 Å². The second-order valence-electron chi connectivity index (χ2n) is 5.75. The number of alkyl halides is 1. The summed E-state index contributed by atoms with van der Waals surface area (Å²) in [6.45, 7) is 1.70. The molecule has 102 valence electrons. The topological polar surface area (TPSA) is 20.3 Å². The second-order valence-corrected chi connectivity index (χ2v) is 6.06. The summed E-state index contributed by atoms with van der Waals surface area (Å²) in [6.07, 6.45) is 5.75. The van der Waals surface area contributed by atoms with Gasteiger partial charge in [0.25, 0.3) is 5.91 Å². The van der Waals surface area contributed by atoms with E-state index in [1.165, 1.54) is 24.0 Å². The summed E-state index contributed by atoms with van der Waals surface area (Å²) in [7, 11) is 0. The largest absolute Gasteiger partial charge is 0.338 e. The molecule has 3 heteroatoms. The highest BCUT2D eigenvalue weighted by atomic mass is 35.5. The van der Waals surface area contributed by atoms with Crippen LogP contribution in [-0.4, -0.2) is 29.8 Å². The van der Waals surface area contributed by atoms with Gasteiger partial charge in [0.05, 0.1) is 0 Å². The quantitative estimate of drug-likeness (QED) is 0.760. The smallest absolute Gasteiger partial charge is 0.253 e. The van der Waals surface area contributed by atoms with Crippen LogP contribution in [0.25, 0.3) is 0 Å². The average Bonchev–Trinajstić information content (AvgIpc) is 2.94. The molecule has 0 spiro atoms. The van der Waals surface area contributed by atoms with Crippen molar-refractivity contribution in [3.63, 3.8) is 0 Å². The van der Waals surface area contributed by atoms with Gasteiger partial charge in [0.1, 0.15) is 0 Å². The zero-order chi connectivity index (χ0) is 13.2. The van der Waals surface area contributed by atoms with Gasteiger partial charge in [0, 0.05) is 24.5 Å². The van der Waals surface area contributed by atoms with Crippen molar-refractivity contribution in [1.29, 1.82) is 0 Å². The molecule has 1 saturated heterocycles. The van der Waals surface area contributed by atoms with Crippen LogP contribution in [0.4, 0.5) is 0 Å². The van der Waals surface area contributed by atoms with Gasteiger partial charge in [-0.3, -0.25) is 4.79 Å². The Kier molecular flexibility index (Phi) is 3.79. The fourth-order valence-electron chi connectivity index (χ4n) is 3.26. The minimum atomic E-state index is 0.185. The minimum absolute atomic E-state index is 0.185. The van der Waals surface area contributed by atoms with E-state index in [1.807, 2.05) is 11.0 Å². The highest BCUT2D eigenvalue weighted by Crippen LogP contribution is 2.25. The van der Waals surface area contributed by atoms with Gasteiger partial charge in [0.15, 0.2) is 0 Å². The second kappa shape index (κ2) is 5.54. The number of rotatable bonds is 2. The van der Waals surface area contributed by atoms with Crippen LogP contribution in [0.1, 0.15) is 40.7 Å². The van der Waals surface area contributed by atoms with E-state index in [4.69, 9.17) is 11.6 Å². The van der Waals surface area contributed by atoms with E-state index in [-0.39, 0.29) is 5.91 Å². The number of aryl methyl sites for hydroxylation is 2. The van der Waals surface area contributed by atoms with Gasteiger partial charge >= 0.3 is 0 Å². The first kappa shape index (κ1) is 13.0. The van der Waals surface area contributed by atoms with Crippen LogP contribution in [-0.2, 0) is 12.8 Å². The van der Waals surface area contributed by atoms with Gasteiger partial charge in [-0.1, -0.05) is 6.07 Å². The van der Waals surface area contributed by atoms with Gasteiger partial charge in [-0.2, -0.15) is 0 Å². The third-order valence-corrected chi connectivity index (χ3v) is 4.81. The highest BCUT2D eigenvalue weighted by molar-refractivity contribution is 6.18. The molecule has 1 aromatic carbocycles. The minimum Gasteiger partial charge on any atom is -0.338 e. The van der Waals surface area contributed by atoms with Gasteiger partial charge in [-0.05, 0) is 61.3 Å². The Morgan fingerprint density at radius 3 is 2.95 bits per heavy atom. The number of fused-ring (bicyclic) bond motifs is 1. The van der Waals surface area contributed by atoms with Crippen LogP contribution in [0.3, 0.4) is 0 Å². The molecule has 1 fully saturated rings. The molecular formula is C16H20ClNO. The lowest BCUT2D eigenvalue weighted by atomic mass is 9.98. The molecule has 0 radical (unpaired) electrons. The van der Waals surface area contributed by atoms with Gasteiger partial charge in [-0.25, -0.2) is 0 Å². The Morgan fingerprint density at radius 1 is 1.26 bits per heavy atom. The molecule has 19 heavy (non-hydrogen) atoms. The van der Waals surface area contributed by atoms with E-state index in [0.717, 1.165) is 37.9 Å². The monoisotopic (exact) mass is 277 g/mol. The summed E-state index contributed by atoms with van der Waals surface area (Å²) in [6, 6.07) is 6.24. The molecule has 1 amide bonds. The summed E-state index contributed by atoms with van der Waals surface area (Å²) in [4.78, 5) is 14.5. The molecule has 1 aliphatic carbocycles. The van der Waals surface area contributed by atoms with Crippen molar-refractivity contribution in [2.45, 2.75) is 32.1 Å². The SMILES string of the molecule is O=C(c1ccc2c(c1)CCC2)N1CCCC(CCl)C1. The predicted molar refractivity (Wildman–Crippen MR) is 77.8 cm³/mol. The number of hydrogen-bond acceptors (Lipinski definition) is 1. The Bertz CT molecular complexity index is 486. The molecule has 0 saturated carbocycles. The molecular weight excluding hydrogens is 258 g/mol. The van der Waals surface area contributed by atoms with Crippen molar-refractivity contribution >= 4 is 17.5 Å². The number of carbonyl (C=O) groups is 1. The first-order chi connectivity index (χ1) is 9.28. The van der Waals surface area contributed by atoms with E-state index in [1.54, 1.807) is 0 Å². The predicted octanol–water partition coefficient (Wildman–Crippen LogP) is 3.27. The van der Waals surface area contributed by atoms with Crippen LogP contribution >= 0.6 is 11.6 Å². The molecule has 1 unspecified atom stereocenters. The molecule has 0 N–H and O–H groups in total. The molecule has 2 nitrogen and oxygen atoms in total. The molecule has 2 aliphatic rings. The molecule has 1 aliphatic heterocycles. The average molecular weight is 278 g/mol. The Labute approximate surface area is 119 Å². The normalized spacial score (nSPS) is 22.4. The number of piperidine rings is 1. The molecule has 1 aromatic rings. The lowest BCUT2D eigenvalue weighted by molar-refractivity contribution is 0.0685. The lowest BCUT2D eigenvalue weighted by Gasteiger charge is -2.32. The third-order valence-electron chi connectivity index (χ3n) is 4.37. The number of likely N-dealkylation sites (tertiary alicyclic amines) is 1. The Morgan fingerprint density at radius 2 is 2.11 bits per heavy atom. The first-order valence-electron chi connectivity index (χ1n) is 7.25. The van der Waals surface area contributed by atoms with E-state index < -0.39 is 0 Å². The van der Waals surface area contributed by atoms with Crippen LogP contribution < -0.4 is 0 Å². The number of benzene rings is 1. The number of hydrogen-bond donors (Lipinski definition) is 0. The zero-order valence-corrected chi connectivity index (χ0v) is 12.0. The van der Waals surface area contributed by atoms with Crippen molar-refractivity contribution in [3.8, 4) is 0 Å². The van der Waals surface area contributed by atoms with Crippen LogP contribution in [0.5, 0.6) is 0 Å². The summed E-state index contributed by atoms with van der Waals surface area (Å²) < 4.78 is 0. The highest BCUT2D eigenvalue weighted by Gasteiger charge is 2.24. The summed E-state index contributed by atoms with van der Waals surface area (Å²) in [5.41, 5.74) is 3.65. The van der Waals surface area contributed by atoms with Gasteiger partial charge < -0.3 is 4.90 Å². The maximum atomic E-state index is 12.5. The van der Waals surface area contributed by atoms with Crippen molar-refractivity contribution in [1.82, 2.24) is 4.90 Å². The molecule has 1 atom stereocenters. The fourth-order valence-corrected chi connectivity index (χ4v) is 3.51. The summed E-state index contributed by atoms with van der Waals surface area (Å²) in [5.74, 6) is 1.31. The van der Waals surface area contributed by atoms with Crippen molar-refractivity contribution in [2.24, 2.45) is 5.92 Å². The third kappa shape index (κ3) is 2.64. The Hall–Kier alpha value is -1.02. The van der Waals surface area contributed by atoms with Gasteiger partial charge in [-0.15, -0.1) is 11.6 Å². The standard InChI is InChI=1S/C16H20ClNO/c17-10-12-3-2-8-18(11-12)16(19)15-7-6-13-4-1-5-14(13)9-15/h6-7,9,12H,1-5,8,10-11H2. The lowest BCUT2D eigenvalue weighted by Crippen LogP contribution is -2.40. The summed E-state index contributed by atoms with van der Waals surface area (Å²) >= 11 is 5.94. The van der Waals surface area contributed by atoms with Gasteiger partial charge in [0.2, 0.25) is 0 Å². The van der Waals surface area contributed by atoms with Crippen molar-refractivity contribution in [2.75, 3.05) is 19.0 Å². The number of halogens is 1. The molecule has 1 heterocycles. The van der Waals surface area contributed by atoms with Crippen LogP contribution in [0.15, 0.2) is 18.2 Å². The number of carbonyl (C=O) groups excluding carboxylic acids is 1. The van der Waals surface area contributed by atoms with E-state index in [0.29, 0.717) is 11.8 Å². The van der Waals surface area contributed by atoms with Crippen molar-refractivity contribution in [3.05, 3.63) is 34.9 Å². The van der Waals surface area contributed by atoms with Crippen molar-refractivity contribution < 1.29 is 4.79 Å². The van der Waals surface area contributed by atoms with Crippen LogP contribution in [0, 0.1) is 5.92 Å². The van der Waals surface area contributed by atoms with E-state index in [9.17, 15) is 4.79 Å². The maximum absolute atomic E-state index is 12.5. The van der Waals surface area contributed by atoms with E-state index in [2.05, 4.69) is 12.1 Å². The number of amides is 1. The molecule has 0 bridgehead atoms. The maximum Gasteiger partial charge on any atom is 0.253 e. The number of nitrogens with zero attached hydrogens (tertiary/aromatic N) is 1. The zero-order valence-electron chi connectivity index (χ0n) is 11.2. The summed E-state index contributed by atoms with van der Waals surface area (Å²) in [5, 5.41) is 0. The fraction of sp³-hybridized carbons (Fsp3) is 0.562. The first-order valence-corrected chi connectivity index (χ1v) is 7.78. The molecule has 3 rings (SSSR count). The van der Waals surface area contributed by atoms with E-state index >= 15 is 0 Å². The Balaban J connectivity index is 1.76. The molecule has 0 aromatic heterocycles.